The third-order valence-electron chi connectivity index (χ3n) is 3.16. The third-order valence-corrected chi connectivity index (χ3v) is 3.16. The van der Waals surface area contributed by atoms with Gasteiger partial charge in [-0.3, -0.25) is 9.59 Å². The van der Waals surface area contributed by atoms with Gasteiger partial charge >= 0.3 is 0 Å². The lowest BCUT2D eigenvalue weighted by Crippen LogP contribution is -2.52. The van der Waals surface area contributed by atoms with Gasteiger partial charge in [0.25, 0.3) is 0 Å². The van der Waals surface area contributed by atoms with E-state index >= 15 is 0 Å². The molecule has 0 radical (unpaired) electrons. The van der Waals surface area contributed by atoms with E-state index in [9.17, 15) is 29.4 Å². The number of amides is 2. The van der Waals surface area contributed by atoms with Crippen LogP contribution >= 0.6 is 0 Å². The predicted molar refractivity (Wildman–Crippen MR) is 70.6 cm³/mol. The molecule has 120 valence electrons. The first kappa shape index (κ1) is 17.4. The van der Waals surface area contributed by atoms with Crippen molar-refractivity contribution in [3.05, 3.63) is 24.3 Å². The van der Waals surface area contributed by atoms with E-state index < -0.39 is 23.8 Å². The van der Waals surface area contributed by atoms with E-state index in [0.717, 1.165) is 25.0 Å². The molecule has 8 nitrogen and oxygen atoms in total. The van der Waals surface area contributed by atoms with Crippen LogP contribution in [-0.4, -0.2) is 35.8 Å². The molecule has 2 atom stereocenters. The van der Waals surface area contributed by atoms with Crippen molar-refractivity contribution in [3.63, 3.8) is 0 Å². The summed E-state index contributed by atoms with van der Waals surface area (Å²) in [6, 6.07) is -0.707. The molecule has 1 aliphatic carbocycles. The van der Waals surface area contributed by atoms with Crippen LogP contribution in [0.3, 0.4) is 0 Å². The average molecular weight is 308 g/mol. The maximum Gasteiger partial charge on any atom is 0.244 e. The zero-order valence-corrected chi connectivity index (χ0v) is 11.7. The average Bonchev–Trinajstić information content (AvgIpc) is 2.45. The zero-order valence-electron chi connectivity index (χ0n) is 11.7. The van der Waals surface area contributed by atoms with Crippen LogP contribution in [0.2, 0.25) is 0 Å². The van der Waals surface area contributed by atoms with Crippen molar-refractivity contribution in [3.8, 4) is 0 Å². The molecule has 0 aromatic rings. The summed E-state index contributed by atoms with van der Waals surface area (Å²) in [5, 5.41) is 25.7. The fourth-order valence-electron chi connectivity index (χ4n) is 2.23. The first-order valence-electron chi connectivity index (χ1n) is 6.77. The van der Waals surface area contributed by atoms with E-state index in [1.54, 1.807) is 0 Å². The molecule has 1 fully saturated rings. The van der Waals surface area contributed by atoms with Crippen molar-refractivity contribution in [2.24, 2.45) is 0 Å². The molecule has 1 saturated carbocycles. The van der Waals surface area contributed by atoms with E-state index in [0.29, 0.717) is 25.0 Å². The highest BCUT2D eigenvalue weighted by molar-refractivity contribution is 5.94. The molecule has 0 aromatic heterocycles. The van der Waals surface area contributed by atoms with Gasteiger partial charge in [0.05, 0.1) is 11.9 Å². The van der Waals surface area contributed by atoms with Crippen LogP contribution in [0.1, 0.15) is 25.7 Å². The Morgan fingerprint density at radius 3 is 1.41 bits per heavy atom. The second-order valence-corrected chi connectivity index (χ2v) is 4.82. The monoisotopic (exact) mass is 308 g/mol. The van der Waals surface area contributed by atoms with Crippen LogP contribution in [0.15, 0.2) is 24.3 Å². The second kappa shape index (κ2) is 8.60. The number of aliphatic carboxylic acids is 2. The van der Waals surface area contributed by atoms with Gasteiger partial charge in [-0.25, -0.2) is 0 Å². The lowest BCUT2D eigenvalue weighted by atomic mass is 9.90. The van der Waals surface area contributed by atoms with Crippen molar-refractivity contribution < 1.29 is 29.4 Å². The van der Waals surface area contributed by atoms with E-state index in [-0.39, 0.29) is 12.1 Å². The number of rotatable bonds is 6. The maximum absolute atomic E-state index is 11.6. The van der Waals surface area contributed by atoms with Crippen LogP contribution in [-0.2, 0) is 19.2 Å². The maximum atomic E-state index is 11.6. The molecule has 22 heavy (non-hydrogen) atoms. The van der Waals surface area contributed by atoms with E-state index in [4.69, 9.17) is 0 Å². The molecule has 0 unspecified atom stereocenters. The molecule has 0 aliphatic heterocycles. The number of hydrogen-bond donors (Lipinski definition) is 2. The van der Waals surface area contributed by atoms with E-state index in [1.165, 1.54) is 0 Å². The summed E-state index contributed by atoms with van der Waals surface area (Å²) >= 11 is 0. The van der Waals surface area contributed by atoms with E-state index in [2.05, 4.69) is 10.6 Å². The van der Waals surface area contributed by atoms with Crippen molar-refractivity contribution in [2.45, 2.75) is 37.8 Å². The summed E-state index contributed by atoms with van der Waals surface area (Å²) in [7, 11) is 0. The lowest BCUT2D eigenvalue weighted by molar-refractivity contribution is -0.298. The Morgan fingerprint density at radius 1 is 0.727 bits per heavy atom. The molecule has 1 rings (SSSR count). The summed E-state index contributed by atoms with van der Waals surface area (Å²) in [4.78, 5) is 43.6. The first-order chi connectivity index (χ1) is 10.4. The second-order valence-electron chi connectivity index (χ2n) is 4.82. The Morgan fingerprint density at radius 2 is 1.09 bits per heavy atom. The Balaban J connectivity index is 2.59. The minimum atomic E-state index is -1.48. The number of hydrogen-bond acceptors (Lipinski definition) is 6. The summed E-state index contributed by atoms with van der Waals surface area (Å²) in [6.07, 6.45) is 5.90. The predicted octanol–water partition coefficient (Wildman–Crippen LogP) is -2.86. The summed E-state index contributed by atoms with van der Waals surface area (Å²) in [6.45, 7) is 0. The SMILES string of the molecule is O=C([O-])/C=C/C(=O)N[C@H]1CCCC[C@H]1NC(=O)/C=C/C(=O)[O-]. The molecule has 0 heterocycles. The van der Waals surface area contributed by atoms with Crippen LogP contribution in [0.5, 0.6) is 0 Å². The van der Waals surface area contributed by atoms with Gasteiger partial charge in [-0.15, -0.1) is 0 Å². The Labute approximate surface area is 126 Å². The number of carbonyl (C=O) groups excluding carboxylic acids is 4. The summed E-state index contributed by atoms with van der Waals surface area (Å²) < 4.78 is 0. The van der Waals surface area contributed by atoms with Gasteiger partial charge in [-0.05, 0) is 25.0 Å². The van der Waals surface area contributed by atoms with Gasteiger partial charge in [0, 0.05) is 24.2 Å². The standard InChI is InChI=1S/C14H18N2O6/c17-11(5-7-13(19)20)15-9-3-1-2-4-10(9)16-12(18)6-8-14(21)22/h5-10H,1-4H2,(H,15,17)(H,16,18)(H,19,20)(H,21,22)/p-2/b7-5+,8-6+/t9-,10+. The third kappa shape index (κ3) is 6.69. The Kier molecular flexibility index (Phi) is 6.81. The fourth-order valence-corrected chi connectivity index (χ4v) is 2.23. The Bertz CT molecular complexity index is 465. The van der Waals surface area contributed by atoms with Crippen LogP contribution in [0, 0.1) is 0 Å². The lowest BCUT2D eigenvalue weighted by Gasteiger charge is -2.32. The largest absolute Gasteiger partial charge is 0.545 e. The topological polar surface area (TPSA) is 138 Å². The van der Waals surface area contributed by atoms with E-state index in [1.807, 2.05) is 0 Å². The summed E-state index contributed by atoms with van der Waals surface area (Å²) in [5.74, 6) is -4.15. The van der Waals surface area contributed by atoms with Crippen LogP contribution in [0.25, 0.3) is 0 Å². The number of carbonyl (C=O) groups is 4. The quantitative estimate of drug-likeness (QED) is 0.506. The molecule has 8 heteroatoms. The highest BCUT2D eigenvalue weighted by Gasteiger charge is 2.26. The minimum Gasteiger partial charge on any atom is -0.545 e. The van der Waals surface area contributed by atoms with Gasteiger partial charge in [-0.2, -0.15) is 0 Å². The van der Waals surface area contributed by atoms with Crippen molar-refractivity contribution in [1.29, 1.82) is 0 Å². The van der Waals surface area contributed by atoms with Gasteiger partial charge in [0.2, 0.25) is 11.8 Å². The van der Waals surface area contributed by atoms with Gasteiger partial charge in [-0.1, -0.05) is 12.8 Å². The number of nitrogens with one attached hydrogen (secondary N) is 2. The zero-order chi connectivity index (χ0) is 16.5. The molecular formula is C14H16N2O6-2. The molecule has 1 aliphatic rings. The Hall–Kier alpha value is -2.64. The summed E-state index contributed by atoms with van der Waals surface area (Å²) in [5.41, 5.74) is 0. The molecule has 0 spiro atoms. The smallest absolute Gasteiger partial charge is 0.244 e. The molecule has 0 saturated heterocycles. The van der Waals surface area contributed by atoms with Crippen molar-refractivity contribution >= 4 is 23.8 Å². The van der Waals surface area contributed by atoms with Gasteiger partial charge in [0.1, 0.15) is 0 Å². The highest BCUT2D eigenvalue weighted by Crippen LogP contribution is 2.18. The number of carboxylic acid groups (broad SMARTS) is 2. The molecule has 0 aromatic carbocycles. The normalized spacial score (nSPS) is 21.6. The van der Waals surface area contributed by atoms with Crippen molar-refractivity contribution in [2.75, 3.05) is 0 Å². The molecule has 2 N–H and O–H groups in total. The van der Waals surface area contributed by atoms with Crippen LogP contribution in [0.4, 0.5) is 0 Å². The fraction of sp³-hybridized carbons (Fsp3) is 0.429. The molecular weight excluding hydrogens is 292 g/mol. The first-order valence-corrected chi connectivity index (χ1v) is 6.77. The van der Waals surface area contributed by atoms with Crippen LogP contribution < -0.4 is 20.8 Å². The molecule has 2 amide bonds. The highest BCUT2D eigenvalue weighted by atomic mass is 16.4. The minimum absolute atomic E-state index is 0.354. The number of carboxylic acids is 2. The van der Waals surface area contributed by atoms with Crippen molar-refractivity contribution in [1.82, 2.24) is 10.6 Å². The van der Waals surface area contributed by atoms with Gasteiger partial charge < -0.3 is 30.4 Å². The van der Waals surface area contributed by atoms with Gasteiger partial charge in [0.15, 0.2) is 0 Å². The molecule has 0 bridgehead atoms.